The summed E-state index contributed by atoms with van der Waals surface area (Å²) >= 11 is 0. The zero-order valence-corrected chi connectivity index (χ0v) is 9.54. The predicted octanol–water partition coefficient (Wildman–Crippen LogP) is -0.362. The Bertz CT molecular complexity index is 102. The average Bonchev–Trinajstić information content (AvgIpc) is 2.26. The van der Waals surface area contributed by atoms with Crippen molar-refractivity contribution < 1.29 is 19.3 Å². The maximum Gasteiger partial charge on any atom is 0.0701 e. The molecule has 0 saturated heterocycles. The summed E-state index contributed by atoms with van der Waals surface area (Å²) in [6.45, 7) is 4.75. The smallest absolute Gasteiger partial charge is 0.0701 e. The molecule has 92 valence electrons. The number of likely N-dealkylation sites (N-methyl/N-ethyl adjacent to an activating group) is 1. The largest absolute Gasteiger partial charge is 0.396 e. The molecule has 0 amide bonds. The molecule has 0 rings (SSSR count). The van der Waals surface area contributed by atoms with Crippen LogP contribution in [0.3, 0.4) is 0 Å². The zero-order valence-electron chi connectivity index (χ0n) is 9.54. The minimum absolute atomic E-state index is 0.181. The second kappa shape index (κ2) is 13.8. The third-order valence-corrected chi connectivity index (χ3v) is 1.69. The van der Waals surface area contributed by atoms with Gasteiger partial charge in [0.25, 0.3) is 0 Å². The normalized spacial score (nSPS) is 10.8. The fraction of sp³-hybridized carbons (Fsp3) is 1.00. The van der Waals surface area contributed by atoms with E-state index in [0.29, 0.717) is 46.1 Å². The summed E-state index contributed by atoms with van der Waals surface area (Å²) in [5.74, 6) is 0. The molecule has 0 heterocycles. The molecule has 0 aliphatic carbocycles. The Labute approximate surface area is 91.7 Å². The van der Waals surface area contributed by atoms with Crippen LogP contribution in [0.25, 0.3) is 0 Å². The molecule has 0 atom stereocenters. The van der Waals surface area contributed by atoms with Crippen LogP contribution in [0.15, 0.2) is 0 Å². The fourth-order valence-electron chi connectivity index (χ4n) is 0.883. The first-order valence-electron chi connectivity index (χ1n) is 5.40. The Morgan fingerprint density at radius 1 is 0.867 bits per heavy atom. The van der Waals surface area contributed by atoms with Crippen LogP contribution in [0.5, 0.6) is 0 Å². The van der Waals surface area contributed by atoms with E-state index in [4.69, 9.17) is 19.3 Å². The molecule has 0 aromatic heterocycles. The third kappa shape index (κ3) is 13.8. The highest BCUT2D eigenvalue weighted by atomic mass is 16.5. The van der Waals surface area contributed by atoms with Gasteiger partial charge < -0.3 is 24.6 Å². The first kappa shape index (κ1) is 14.8. The summed E-state index contributed by atoms with van der Waals surface area (Å²) in [4.78, 5) is 0. The number of hydrogen-bond donors (Lipinski definition) is 2. The summed E-state index contributed by atoms with van der Waals surface area (Å²) in [6, 6.07) is 0. The van der Waals surface area contributed by atoms with Gasteiger partial charge in [0.2, 0.25) is 0 Å². The van der Waals surface area contributed by atoms with Crippen molar-refractivity contribution in [1.29, 1.82) is 0 Å². The molecule has 0 bridgehead atoms. The van der Waals surface area contributed by atoms with Crippen molar-refractivity contribution in [2.24, 2.45) is 0 Å². The number of rotatable bonds is 12. The lowest BCUT2D eigenvalue weighted by molar-refractivity contribution is 0.0131. The monoisotopic (exact) mass is 221 g/mol. The predicted molar refractivity (Wildman–Crippen MR) is 58.1 cm³/mol. The van der Waals surface area contributed by atoms with Crippen LogP contribution >= 0.6 is 0 Å². The van der Waals surface area contributed by atoms with Crippen LogP contribution in [0.1, 0.15) is 6.42 Å². The maximum absolute atomic E-state index is 8.48. The van der Waals surface area contributed by atoms with E-state index in [2.05, 4.69) is 5.32 Å². The Kier molecular flexibility index (Phi) is 13.6. The molecule has 0 spiro atoms. The van der Waals surface area contributed by atoms with E-state index in [9.17, 15) is 0 Å². The maximum atomic E-state index is 8.48. The van der Waals surface area contributed by atoms with Gasteiger partial charge in [0.15, 0.2) is 0 Å². The van der Waals surface area contributed by atoms with Gasteiger partial charge in [-0.05, 0) is 13.5 Å². The number of hydrogen-bond acceptors (Lipinski definition) is 5. The van der Waals surface area contributed by atoms with Gasteiger partial charge in [-0.2, -0.15) is 0 Å². The van der Waals surface area contributed by atoms with Crippen LogP contribution in [-0.4, -0.2) is 64.9 Å². The molecule has 0 radical (unpaired) electrons. The highest BCUT2D eigenvalue weighted by molar-refractivity contribution is 4.37. The van der Waals surface area contributed by atoms with Crippen molar-refractivity contribution in [3.05, 3.63) is 0 Å². The molecular weight excluding hydrogens is 198 g/mol. The highest BCUT2D eigenvalue weighted by Crippen LogP contribution is 1.83. The van der Waals surface area contributed by atoms with E-state index < -0.39 is 0 Å². The number of aliphatic hydroxyl groups excluding tert-OH is 1. The zero-order chi connectivity index (χ0) is 11.2. The van der Waals surface area contributed by atoms with Gasteiger partial charge in [0, 0.05) is 19.8 Å². The molecule has 5 nitrogen and oxygen atoms in total. The van der Waals surface area contributed by atoms with Crippen molar-refractivity contribution in [2.45, 2.75) is 6.42 Å². The van der Waals surface area contributed by atoms with E-state index in [1.54, 1.807) is 0 Å². The summed E-state index contributed by atoms with van der Waals surface area (Å²) < 4.78 is 15.7. The Morgan fingerprint density at radius 3 is 1.93 bits per heavy atom. The van der Waals surface area contributed by atoms with Crippen molar-refractivity contribution in [2.75, 3.05) is 59.8 Å². The van der Waals surface area contributed by atoms with Crippen LogP contribution < -0.4 is 5.32 Å². The second-order valence-corrected chi connectivity index (χ2v) is 3.02. The second-order valence-electron chi connectivity index (χ2n) is 3.02. The lowest BCUT2D eigenvalue weighted by Crippen LogP contribution is -2.16. The van der Waals surface area contributed by atoms with Gasteiger partial charge in [-0.25, -0.2) is 0 Å². The summed E-state index contributed by atoms with van der Waals surface area (Å²) in [7, 11) is 1.89. The molecule has 15 heavy (non-hydrogen) atoms. The van der Waals surface area contributed by atoms with Crippen molar-refractivity contribution in [1.82, 2.24) is 5.32 Å². The minimum atomic E-state index is 0.181. The number of nitrogens with one attached hydrogen (secondary N) is 1. The summed E-state index contributed by atoms with van der Waals surface area (Å²) in [5.41, 5.74) is 0. The lowest BCUT2D eigenvalue weighted by atomic mass is 10.5. The number of aliphatic hydroxyl groups is 1. The highest BCUT2D eigenvalue weighted by Gasteiger charge is 1.91. The van der Waals surface area contributed by atoms with E-state index >= 15 is 0 Å². The summed E-state index contributed by atoms with van der Waals surface area (Å²) in [5, 5.41) is 11.5. The Morgan fingerprint density at radius 2 is 1.40 bits per heavy atom. The molecule has 0 aromatic carbocycles. The lowest BCUT2D eigenvalue weighted by Gasteiger charge is -2.06. The molecule has 0 fully saturated rings. The van der Waals surface area contributed by atoms with E-state index in [0.717, 1.165) is 6.54 Å². The molecule has 0 aliphatic heterocycles. The SMILES string of the molecule is CNCCOCCOCCOCCCO. The van der Waals surface area contributed by atoms with Gasteiger partial charge in [-0.1, -0.05) is 0 Å². The molecule has 0 aliphatic rings. The standard InChI is InChI=1S/C10H23NO4/c1-11-3-6-14-8-10-15-9-7-13-5-2-4-12/h11-12H,2-10H2,1H3. The third-order valence-electron chi connectivity index (χ3n) is 1.69. The van der Waals surface area contributed by atoms with Crippen LogP contribution in [0.4, 0.5) is 0 Å². The molecular formula is C10H23NO4. The molecule has 0 aromatic rings. The molecule has 5 heteroatoms. The van der Waals surface area contributed by atoms with Crippen molar-refractivity contribution in [3.63, 3.8) is 0 Å². The van der Waals surface area contributed by atoms with Crippen molar-refractivity contribution in [3.8, 4) is 0 Å². The fourth-order valence-corrected chi connectivity index (χ4v) is 0.883. The van der Waals surface area contributed by atoms with Gasteiger partial charge in [0.1, 0.15) is 0 Å². The molecule has 0 saturated carbocycles. The van der Waals surface area contributed by atoms with Gasteiger partial charge >= 0.3 is 0 Å². The van der Waals surface area contributed by atoms with E-state index in [1.807, 2.05) is 7.05 Å². The van der Waals surface area contributed by atoms with Crippen LogP contribution in [0.2, 0.25) is 0 Å². The van der Waals surface area contributed by atoms with Crippen LogP contribution in [0, 0.1) is 0 Å². The quantitative estimate of drug-likeness (QED) is 0.441. The van der Waals surface area contributed by atoms with Crippen LogP contribution in [-0.2, 0) is 14.2 Å². The van der Waals surface area contributed by atoms with Gasteiger partial charge in [-0.3, -0.25) is 0 Å². The topological polar surface area (TPSA) is 60.0 Å². The Hall–Kier alpha value is -0.200. The number of ether oxygens (including phenoxy) is 3. The average molecular weight is 221 g/mol. The van der Waals surface area contributed by atoms with Gasteiger partial charge in [0.05, 0.1) is 33.0 Å². The molecule has 2 N–H and O–H groups in total. The minimum Gasteiger partial charge on any atom is -0.396 e. The molecule has 0 unspecified atom stereocenters. The Balaban J connectivity index is 2.81. The van der Waals surface area contributed by atoms with Crippen molar-refractivity contribution >= 4 is 0 Å². The van der Waals surface area contributed by atoms with Gasteiger partial charge in [-0.15, -0.1) is 0 Å². The summed E-state index contributed by atoms with van der Waals surface area (Å²) in [6.07, 6.45) is 0.688. The first-order valence-corrected chi connectivity index (χ1v) is 5.40. The van der Waals surface area contributed by atoms with E-state index in [-0.39, 0.29) is 6.61 Å². The van der Waals surface area contributed by atoms with E-state index in [1.165, 1.54) is 0 Å². The first-order chi connectivity index (χ1) is 7.41.